The fraction of sp³-hybridized carbons (Fsp3) is 0.100. The summed E-state index contributed by atoms with van der Waals surface area (Å²) < 4.78 is 4.88. The van der Waals surface area contributed by atoms with E-state index in [-0.39, 0.29) is 28.8 Å². The van der Waals surface area contributed by atoms with E-state index in [1.807, 2.05) is 42.5 Å². The number of ether oxygens (including phenoxy) is 1. The van der Waals surface area contributed by atoms with Gasteiger partial charge in [-0.3, -0.25) is 0 Å². The average Bonchev–Trinajstić information content (AvgIpc) is 3.30. The molecule has 0 aliphatic rings. The quantitative estimate of drug-likeness (QED) is 0.302. The van der Waals surface area contributed by atoms with Crippen molar-refractivity contribution in [1.82, 2.24) is 0 Å². The van der Waals surface area contributed by atoms with Crippen molar-refractivity contribution in [2.45, 2.75) is 6.92 Å². The van der Waals surface area contributed by atoms with Gasteiger partial charge in [-0.1, -0.05) is 35.4 Å². The summed E-state index contributed by atoms with van der Waals surface area (Å²) in [5.74, 6) is -0.416. The number of hydrogen-bond acceptors (Lipinski definition) is 3. The van der Waals surface area contributed by atoms with Crippen molar-refractivity contribution in [2.24, 2.45) is 0 Å². The Morgan fingerprint density at radius 3 is 1.83 bits per heavy atom. The number of hydrogen-bond donors (Lipinski definition) is 0. The number of rotatable bonds is 4. The first-order valence-corrected chi connectivity index (χ1v) is 7.42. The van der Waals surface area contributed by atoms with Crippen molar-refractivity contribution >= 4 is 11.8 Å². The molecular formula is C20H18FeO3-6. The molecule has 0 heterocycles. The molecule has 0 bridgehead atoms. The molecule has 4 heteroatoms. The molecule has 0 unspecified atom stereocenters. The summed E-state index contributed by atoms with van der Waals surface area (Å²) >= 11 is 0. The van der Waals surface area contributed by atoms with Crippen molar-refractivity contribution in [3.63, 3.8) is 0 Å². The molecule has 3 aromatic rings. The first-order chi connectivity index (χ1) is 11.2. The van der Waals surface area contributed by atoms with E-state index in [1.54, 1.807) is 43.3 Å². The number of carbonyl (C=O) groups is 2. The predicted octanol–water partition coefficient (Wildman–Crippen LogP) is 4.22. The Bertz CT molecular complexity index is 694. The predicted molar refractivity (Wildman–Crippen MR) is 89.9 cm³/mol. The van der Waals surface area contributed by atoms with Gasteiger partial charge >= 0.3 is 5.97 Å². The third-order valence-corrected chi connectivity index (χ3v) is 3.14. The average molecular weight is 362 g/mol. The topological polar surface area (TPSA) is 43.4 Å². The van der Waals surface area contributed by atoms with Gasteiger partial charge in [0, 0.05) is 17.1 Å². The van der Waals surface area contributed by atoms with E-state index in [4.69, 9.17) is 4.74 Å². The summed E-state index contributed by atoms with van der Waals surface area (Å²) in [5, 5.41) is 0. The van der Waals surface area contributed by atoms with Crippen LogP contribution in [0.25, 0.3) is 0 Å². The summed E-state index contributed by atoms with van der Waals surface area (Å²) in [7, 11) is 0. The third-order valence-electron chi connectivity index (χ3n) is 3.14. The summed E-state index contributed by atoms with van der Waals surface area (Å²) in [4.78, 5) is 23.4. The third kappa shape index (κ3) is 5.65. The fourth-order valence-corrected chi connectivity index (χ4v) is 1.98. The van der Waals surface area contributed by atoms with Crippen LogP contribution in [-0.4, -0.2) is 18.4 Å². The SMILES string of the molecule is CCOC(=O)c1ccc(C(=O)[c-]2cccc2)cc1.[Fe].[cH-]1[cH-][cH-][cH-][cH-]1. The molecule has 0 fully saturated rings. The van der Waals surface area contributed by atoms with Crippen LogP contribution < -0.4 is 0 Å². The van der Waals surface area contributed by atoms with Gasteiger partial charge in [-0.2, -0.15) is 12.1 Å². The molecule has 0 saturated carbocycles. The minimum absolute atomic E-state index is 0. The second kappa shape index (κ2) is 10.4. The van der Waals surface area contributed by atoms with Gasteiger partial charge in [-0.15, -0.1) is 12.1 Å². The molecule has 3 rings (SSSR count). The Hall–Kier alpha value is -2.42. The Labute approximate surface area is 152 Å². The van der Waals surface area contributed by atoms with Crippen molar-refractivity contribution in [2.75, 3.05) is 6.61 Å². The van der Waals surface area contributed by atoms with Crippen molar-refractivity contribution in [3.8, 4) is 0 Å². The Balaban J connectivity index is 0.000000412. The van der Waals surface area contributed by atoms with Crippen LogP contribution in [-0.2, 0) is 21.8 Å². The van der Waals surface area contributed by atoms with Crippen LogP contribution in [0.3, 0.4) is 0 Å². The normalized spacial score (nSPS) is 9.21. The first kappa shape index (κ1) is 19.6. The van der Waals surface area contributed by atoms with Crippen LogP contribution in [0.4, 0.5) is 0 Å². The first-order valence-electron chi connectivity index (χ1n) is 7.42. The maximum Gasteiger partial charge on any atom is 0.338 e. The second-order valence-corrected chi connectivity index (χ2v) is 4.76. The summed E-state index contributed by atoms with van der Waals surface area (Å²) in [6, 6.07) is 23.7. The summed E-state index contributed by atoms with van der Waals surface area (Å²) in [5.41, 5.74) is 1.67. The number of carbonyl (C=O) groups excluding carboxylic acids is 2. The zero-order valence-electron chi connectivity index (χ0n) is 13.3. The molecule has 3 nitrogen and oxygen atoms in total. The molecule has 0 N–H and O–H groups in total. The van der Waals surface area contributed by atoms with Crippen molar-refractivity contribution in [3.05, 3.63) is 95.6 Å². The van der Waals surface area contributed by atoms with Crippen LogP contribution >= 0.6 is 0 Å². The Morgan fingerprint density at radius 1 is 0.917 bits per heavy atom. The van der Waals surface area contributed by atoms with Gasteiger partial charge in [0.05, 0.1) is 12.2 Å². The van der Waals surface area contributed by atoms with Crippen LogP contribution in [0.1, 0.15) is 33.2 Å². The van der Waals surface area contributed by atoms with Crippen LogP contribution in [0, 0.1) is 0 Å². The molecule has 0 saturated heterocycles. The minimum atomic E-state index is -0.371. The molecule has 0 spiro atoms. The van der Waals surface area contributed by atoms with Crippen molar-refractivity contribution < 1.29 is 31.4 Å². The van der Waals surface area contributed by atoms with Crippen LogP contribution in [0.5, 0.6) is 0 Å². The van der Waals surface area contributed by atoms with Crippen LogP contribution in [0.15, 0.2) is 78.9 Å². The standard InChI is InChI=1S/C15H13O3.C5H5.Fe/c1-2-18-15(17)13-9-7-12(8-10-13)14(16)11-5-3-4-6-11;1-2-4-5-3-1;/h3-10H,2H2,1H3;1-5H;/q-1;-5;. The molecule has 0 aliphatic heterocycles. The maximum absolute atomic E-state index is 12.0. The number of esters is 1. The van der Waals surface area contributed by atoms with Gasteiger partial charge in [0.1, 0.15) is 5.78 Å². The van der Waals surface area contributed by atoms with E-state index in [0.717, 1.165) is 0 Å². The second-order valence-electron chi connectivity index (χ2n) is 4.76. The van der Waals surface area contributed by atoms with E-state index in [2.05, 4.69) is 0 Å². The van der Waals surface area contributed by atoms with Gasteiger partial charge in [-0.05, 0) is 6.92 Å². The zero-order chi connectivity index (χ0) is 16.5. The molecule has 0 amide bonds. The number of ketones is 1. The molecule has 24 heavy (non-hydrogen) atoms. The van der Waals surface area contributed by atoms with Crippen molar-refractivity contribution in [1.29, 1.82) is 0 Å². The Kier molecular flexibility index (Phi) is 8.48. The minimum Gasteiger partial charge on any atom is -0.748 e. The van der Waals surface area contributed by atoms with Gasteiger partial charge < -0.3 is 39.9 Å². The van der Waals surface area contributed by atoms with Gasteiger partial charge in [0.15, 0.2) is 0 Å². The largest absolute Gasteiger partial charge is 0.748 e. The molecule has 0 aliphatic carbocycles. The zero-order valence-corrected chi connectivity index (χ0v) is 14.4. The Morgan fingerprint density at radius 2 is 1.38 bits per heavy atom. The van der Waals surface area contributed by atoms with E-state index in [1.165, 1.54) is 0 Å². The van der Waals surface area contributed by atoms with Gasteiger partial charge in [0.25, 0.3) is 0 Å². The molecule has 0 radical (unpaired) electrons. The fourth-order valence-electron chi connectivity index (χ4n) is 1.98. The monoisotopic (exact) mass is 362 g/mol. The molecular weight excluding hydrogens is 344 g/mol. The van der Waals surface area contributed by atoms with Gasteiger partial charge in [-0.25, -0.2) is 4.79 Å². The van der Waals surface area contributed by atoms with E-state index >= 15 is 0 Å². The van der Waals surface area contributed by atoms with E-state index in [9.17, 15) is 9.59 Å². The summed E-state index contributed by atoms with van der Waals surface area (Å²) in [6.45, 7) is 2.10. The molecule has 0 atom stereocenters. The molecule has 0 aromatic heterocycles. The summed E-state index contributed by atoms with van der Waals surface area (Å²) in [6.07, 6.45) is 0. The molecule has 3 aromatic carbocycles. The smallest absolute Gasteiger partial charge is 0.338 e. The van der Waals surface area contributed by atoms with E-state index < -0.39 is 0 Å². The number of benzene rings is 1. The maximum atomic E-state index is 12.0. The van der Waals surface area contributed by atoms with Crippen LogP contribution in [0.2, 0.25) is 0 Å². The van der Waals surface area contributed by atoms with Gasteiger partial charge in [0.2, 0.25) is 0 Å². The van der Waals surface area contributed by atoms with E-state index in [0.29, 0.717) is 23.3 Å². The molecule has 130 valence electrons.